The highest BCUT2D eigenvalue weighted by atomic mass is 16.5. The van der Waals surface area contributed by atoms with Gasteiger partial charge in [0.05, 0.1) is 6.61 Å². The van der Waals surface area contributed by atoms with E-state index in [1.165, 1.54) is 24.8 Å². The van der Waals surface area contributed by atoms with Crippen LogP contribution in [-0.2, 0) is 11.3 Å². The van der Waals surface area contributed by atoms with E-state index in [4.69, 9.17) is 9.84 Å². The van der Waals surface area contributed by atoms with Gasteiger partial charge in [-0.25, -0.2) is 0 Å². The topological polar surface area (TPSA) is 29.5 Å². The lowest BCUT2D eigenvalue weighted by atomic mass is 9.97. The number of hydrogen-bond acceptors (Lipinski definition) is 2. The van der Waals surface area contributed by atoms with E-state index in [0.717, 1.165) is 13.0 Å². The van der Waals surface area contributed by atoms with Gasteiger partial charge >= 0.3 is 0 Å². The van der Waals surface area contributed by atoms with Crippen LogP contribution in [0.15, 0.2) is 30.3 Å². The molecule has 1 aromatic rings. The zero-order valence-electron chi connectivity index (χ0n) is 12.3. The predicted octanol–water partition coefficient (Wildman–Crippen LogP) is 4.03. The Morgan fingerprint density at radius 3 is 2.37 bits per heavy atom. The first-order valence-electron chi connectivity index (χ1n) is 7.45. The molecule has 0 saturated heterocycles. The number of benzene rings is 1. The minimum absolute atomic E-state index is 0.316. The normalized spacial score (nSPS) is 14.3. The minimum Gasteiger partial charge on any atom is -0.396 e. The van der Waals surface area contributed by atoms with Gasteiger partial charge in [0, 0.05) is 13.2 Å². The monoisotopic (exact) mass is 264 g/mol. The van der Waals surface area contributed by atoms with Gasteiger partial charge < -0.3 is 9.84 Å². The average molecular weight is 264 g/mol. The highest BCUT2D eigenvalue weighted by molar-refractivity contribution is 5.13. The summed E-state index contributed by atoms with van der Waals surface area (Å²) in [5, 5.41) is 8.85. The Labute approximate surface area is 117 Å². The Balaban J connectivity index is 2.03. The molecule has 0 radical (unpaired) electrons. The molecular formula is C17H28O2. The number of aliphatic hydroxyl groups is 1. The molecule has 0 fully saturated rings. The Kier molecular flexibility index (Phi) is 8.52. The second kappa shape index (κ2) is 9.99. The fraction of sp³-hybridized carbons (Fsp3) is 0.647. The number of rotatable bonds is 10. The Bertz CT molecular complexity index is 310. The molecule has 1 rings (SSSR count). The van der Waals surface area contributed by atoms with Crippen LogP contribution in [0.4, 0.5) is 0 Å². The van der Waals surface area contributed by atoms with Crippen LogP contribution in [0.3, 0.4) is 0 Å². The maximum atomic E-state index is 8.85. The molecule has 0 aromatic heterocycles. The summed E-state index contributed by atoms with van der Waals surface area (Å²) >= 11 is 0. The van der Waals surface area contributed by atoms with E-state index >= 15 is 0 Å². The van der Waals surface area contributed by atoms with Crippen LogP contribution in [-0.4, -0.2) is 18.3 Å². The molecule has 0 unspecified atom stereocenters. The van der Waals surface area contributed by atoms with Gasteiger partial charge in [0.1, 0.15) is 0 Å². The molecule has 2 nitrogen and oxygen atoms in total. The van der Waals surface area contributed by atoms with Crippen LogP contribution >= 0.6 is 0 Å². The number of ether oxygens (including phenoxy) is 1. The molecule has 0 amide bonds. The lowest BCUT2D eigenvalue weighted by Gasteiger charge is -2.14. The van der Waals surface area contributed by atoms with Gasteiger partial charge in [-0.3, -0.25) is 0 Å². The van der Waals surface area contributed by atoms with Crippen molar-refractivity contribution in [2.45, 2.75) is 46.1 Å². The van der Waals surface area contributed by atoms with E-state index in [2.05, 4.69) is 26.0 Å². The average Bonchev–Trinajstić information content (AvgIpc) is 2.40. The van der Waals surface area contributed by atoms with Crippen molar-refractivity contribution < 1.29 is 9.84 Å². The predicted molar refractivity (Wildman–Crippen MR) is 80.0 cm³/mol. The van der Waals surface area contributed by atoms with Crippen LogP contribution < -0.4 is 0 Å². The summed E-state index contributed by atoms with van der Waals surface area (Å²) < 4.78 is 5.75. The van der Waals surface area contributed by atoms with Crippen molar-refractivity contribution in [3.8, 4) is 0 Å². The highest BCUT2D eigenvalue weighted by Crippen LogP contribution is 2.15. The van der Waals surface area contributed by atoms with Gasteiger partial charge in [-0.2, -0.15) is 0 Å². The van der Waals surface area contributed by atoms with E-state index < -0.39 is 0 Å². The molecule has 108 valence electrons. The third kappa shape index (κ3) is 8.02. The zero-order valence-corrected chi connectivity index (χ0v) is 12.3. The molecule has 19 heavy (non-hydrogen) atoms. The lowest BCUT2D eigenvalue weighted by molar-refractivity contribution is 0.0882. The first-order chi connectivity index (χ1) is 9.22. The SMILES string of the molecule is C[C@@H](CCO)CCC[C@H](C)COCc1ccccc1. The summed E-state index contributed by atoms with van der Waals surface area (Å²) in [5.74, 6) is 1.26. The van der Waals surface area contributed by atoms with E-state index in [0.29, 0.717) is 25.0 Å². The van der Waals surface area contributed by atoms with Crippen LogP contribution in [0.1, 0.15) is 45.1 Å². The third-order valence-electron chi connectivity index (χ3n) is 3.53. The van der Waals surface area contributed by atoms with Crippen molar-refractivity contribution in [1.82, 2.24) is 0 Å². The molecule has 2 atom stereocenters. The van der Waals surface area contributed by atoms with Gasteiger partial charge in [-0.1, -0.05) is 57.0 Å². The smallest absolute Gasteiger partial charge is 0.0717 e. The van der Waals surface area contributed by atoms with E-state index in [1.54, 1.807) is 0 Å². The van der Waals surface area contributed by atoms with Crippen LogP contribution in [0, 0.1) is 11.8 Å². The maximum absolute atomic E-state index is 8.85. The quantitative estimate of drug-likeness (QED) is 0.691. The first-order valence-corrected chi connectivity index (χ1v) is 7.45. The summed E-state index contributed by atoms with van der Waals surface area (Å²) in [6.45, 7) is 6.33. The van der Waals surface area contributed by atoms with Crippen molar-refractivity contribution in [3.63, 3.8) is 0 Å². The molecule has 0 saturated carbocycles. The van der Waals surface area contributed by atoms with E-state index in [1.807, 2.05) is 18.2 Å². The van der Waals surface area contributed by atoms with Gasteiger partial charge in [0.15, 0.2) is 0 Å². The molecule has 0 aliphatic rings. The number of hydrogen-bond donors (Lipinski definition) is 1. The van der Waals surface area contributed by atoms with Crippen molar-refractivity contribution in [3.05, 3.63) is 35.9 Å². The molecule has 0 bridgehead atoms. The van der Waals surface area contributed by atoms with Gasteiger partial charge in [-0.05, 0) is 30.2 Å². The fourth-order valence-corrected chi connectivity index (χ4v) is 2.22. The Morgan fingerprint density at radius 2 is 1.68 bits per heavy atom. The Morgan fingerprint density at radius 1 is 1.00 bits per heavy atom. The molecule has 2 heteroatoms. The molecular weight excluding hydrogens is 236 g/mol. The van der Waals surface area contributed by atoms with Crippen molar-refractivity contribution in [2.24, 2.45) is 11.8 Å². The van der Waals surface area contributed by atoms with Gasteiger partial charge in [0.25, 0.3) is 0 Å². The zero-order chi connectivity index (χ0) is 13.9. The van der Waals surface area contributed by atoms with E-state index in [9.17, 15) is 0 Å². The van der Waals surface area contributed by atoms with Crippen molar-refractivity contribution in [1.29, 1.82) is 0 Å². The van der Waals surface area contributed by atoms with Gasteiger partial charge in [-0.15, -0.1) is 0 Å². The fourth-order valence-electron chi connectivity index (χ4n) is 2.22. The second-order valence-electron chi connectivity index (χ2n) is 5.65. The summed E-state index contributed by atoms with van der Waals surface area (Å²) in [5.41, 5.74) is 1.24. The van der Waals surface area contributed by atoms with E-state index in [-0.39, 0.29) is 0 Å². The van der Waals surface area contributed by atoms with Crippen LogP contribution in [0.5, 0.6) is 0 Å². The maximum Gasteiger partial charge on any atom is 0.0717 e. The standard InChI is InChI=1S/C17H28O2/c1-15(11-12-18)7-6-8-16(2)13-19-14-17-9-4-3-5-10-17/h3-5,9-10,15-16,18H,6-8,11-14H2,1-2H3/t15-,16+/m1/s1. The highest BCUT2D eigenvalue weighted by Gasteiger charge is 2.05. The number of aliphatic hydroxyl groups excluding tert-OH is 1. The molecule has 0 spiro atoms. The summed E-state index contributed by atoms with van der Waals surface area (Å²) in [7, 11) is 0. The summed E-state index contributed by atoms with van der Waals surface area (Å²) in [6, 6.07) is 10.3. The first kappa shape index (κ1) is 16.2. The lowest BCUT2D eigenvalue weighted by Crippen LogP contribution is -2.07. The van der Waals surface area contributed by atoms with Crippen LogP contribution in [0.2, 0.25) is 0 Å². The van der Waals surface area contributed by atoms with Crippen molar-refractivity contribution in [2.75, 3.05) is 13.2 Å². The molecule has 0 aliphatic carbocycles. The molecule has 1 aromatic carbocycles. The third-order valence-corrected chi connectivity index (χ3v) is 3.53. The second-order valence-corrected chi connectivity index (χ2v) is 5.65. The molecule has 0 heterocycles. The summed E-state index contributed by atoms with van der Waals surface area (Å²) in [4.78, 5) is 0. The van der Waals surface area contributed by atoms with Crippen LogP contribution in [0.25, 0.3) is 0 Å². The van der Waals surface area contributed by atoms with Crippen molar-refractivity contribution >= 4 is 0 Å². The molecule has 0 aliphatic heterocycles. The molecule has 1 N–H and O–H groups in total. The Hall–Kier alpha value is -0.860. The van der Waals surface area contributed by atoms with Gasteiger partial charge in [0.2, 0.25) is 0 Å². The minimum atomic E-state index is 0.316. The largest absolute Gasteiger partial charge is 0.396 e. The summed E-state index contributed by atoms with van der Waals surface area (Å²) in [6.07, 6.45) is 4.59.